The molecule has 2 rings (SSSR count). The second-order valence-electron chi connectivity index (χ2n) is 4.07. The third-order valence-corrected chi connectivity index (χ3v) is 2.94. The summed E-state index contributed by atoms with van der Waals surface area (Å²) in [5, 5.41) is 4.41. The summed E-state index contributed by atoms with van der Waals surface area (Å²) < 4.78 is 1.79. The number of nitrogens with two attached hydrogens (primary N) is 1. The quantitative estimate of drug-likeness (QED) is 0.618. The van der Waals surface area contributed by atoms with E-state index >= 15 is 0 Å². The van der Waals surface area contributed by atoms with Gasteiger partial charge in [0.15, 0.2) is 0 Å². The fourth-order valence-electron chi connectivity index (χ4n) is 2.06. The van der Waals surface area contributed by atoms with Crippen molar-refractivity contribution in [2.75, 3.05) is 0 Å². The smallest absolute Gasteiger partial charge is 0.0902 e. The van der Waals surface area contributed by atoms with Gasteiger partial charge in [-0.1, -0.05) is 31.2 Å². The Kier molecular flexibility index (Phi) is 3.56. The zero-order valence-corrected chi connectivity index (χ0v) is 10.2. The number of hydrogen-bond acceptors (Lipinski definition) is 3. The molecule has 1 unspecified atom stereocenters. The molecular formula is C13H18N4. The second kappa shape index (κ2) is 5.12. The van der Waals surface area contributed by atoms with E-state index in [1.165, 1.54) is 11.1 Å². The molecule has 0 fully saturated rings. The monoisotopic (exact) mass is 230 g/mol. The summed E-state index contributed by atoms with van der Waals surface area (Å²) >= 11 is 0. The highest BCUT2D eigenvalue weighted by molar-refractivity contribution is 5.34. The topological polar surface area (TPSA) is 55.9 Å². The van der Waals surface area contributed by atoms with Gasteiger partial charge in [0.2, 0.25) is 0 Å². The van der Waals surface area contributed by atoms with Gasteiger partial charge >= 0.3 is 0 Å². The molecule has 1 heterocycles. The Balaban J connectivity index is 2.41. The van der Waals surface area contributed by atoms with E-state index in [4.69, 9.17) is 5.84 Å². The van der Waals surface area contributed by atoms with Crippen molar-refractivity contribution < 1.29 is 0 Å². The number of hydrogen-bond donors (Lipinski definition) is 2. The minimum Gasteiger partial charge on any atom is -0.275 e. The molecule has 0 aliphatic carbocycles. The standard InChI is InChI=1S/C13H18N4/c1-3-10-6-4-5-7-11(10)13(15-14)12-8-9-17(2)16-12/h4-9,13,15H,3,14H2,1-2H3. The van der Waals surface area contributed by atoms with E-state index in [9.17, 15) is 0 Å². The summed E-state index contributed by atoms with van der Waals surface area (Å²) in [5.74, 6) is 5.67. The van der Waals surface area contributed by atoms with Gasteiger partial charge in [-0.25, -0.2) is 5.43 Å². The molecule has 0 spiro atoms. The molecule has 0 aliphatic rings. The Morgan fingerprint density at radius 2 is 2.12 bits per heavy atom. The van der Waals surface area contributed by atoms with Crippen LogP contribution in [0, 0.1) is 0 Å². The normalized spacial score (nSPS) is 12.6. The number of aryl methyl sites for hydroxylation is 2. The van der Waals surface area contributed by atoms with E-state index in [1.807, 2.05) is 31.4 Å². The molecule has 0 saturated heterocycles. The van der Waals surface area contributed by atoms with Gasteiger partial charge in [-0.3, -0.25) is 10.5 Å². The lowest BCUT2D eigenvalue weighted by Crippen LogP contribution is -2.30. The fraction of sp³-hybridized carbons (Fsp3) is 0.308. The summed E-state index contributed by atoms with van der Waals surface area (Å²) in [6, 6.07) is 10.2. The second-order valence-corrected chi connectivity index (χ2v) is 4.07. The molecular weight excluding hydrogens is 212 g/mol. The lowest BCUT2D eigenvalue weighted by Gasteiger charge is -2.17. The first-order valence-corrected chi connectivity index (χ1v) is 5.79. The van der Waals surface area contributed by atoms with E-state index in [2.05, 4.69) is 29.6 Å². The van der Waals surface area contributed by atoms with E-state index in [1.54, 1.807) is 4.68 Å². The SMILES string of the molecule is CCc1ccccc1C(NN)c1ccn(C)n1. The molecule has 90 valence electrons. The third kappa shape index (κ3) is 2.38. The Bertz CT molecular complexity index is 490. The molecule has 1 aromatic carbocycles. The van der Waals surface area contributed by atoms with Gasteiger partial charge in [0.05, 0.1) is 11.7 Å². The van der Waals surface area contributed by atoms with Crippen LogP contribution in [0.3, 0.4) is 0 Å². The molecule has 0 saturated carbocycles. The summed E-state index contributed by atoms with van der Waals surface area (Å²) in [5.41, 5.74) is 6.27. The maximum absolute atomic E-state index is 5.67. The van der Waals surface area contributed by atoms with Crippen LogP contribution in [0.15, 0.2) is 36.5 Å². The first kappa shape index (κ1) is 11.8. The molecule has 0 radical (unpaired) electrons. The van der Waals surface area contributed by atoms with Crippen molar-refractivity contribution in [3.63, 3.8) is 0 Å². The third-order valence-electron chi connectivity index (χ3n) is 2.94. The van der Waals surface area contributed by atoms with Gasteiger partial charge in [0.25, 0.3) is 0 Å². The predicted molar refractivity (Wildman–Crippen MR) is 68.2 cm³/mol. The van der Waals surface area contributed by atoms with E-state index < -0.39 is 0 Å². The fourth-order valence-corrected chi connectivity index (χ4v) is 2.06. The Morgan fingerprint density at radius 3 is 2.71 bits per heavy atom. The minimum atomic E-state index is -0.0488. The molecule has 1 atom stereocenters. The van der Waals surface area contributed by atoms with Crippen molar-refractivity contribution in [1.29, 1.82) is 0 Å². The molecule has 0 aliphatic heterocycles. The zero-order valence-electron chi connectivity index (χ0n) is 10.2. The van der Waals surface area contributed by atoms with Crippen molar-refractivity contribution >= 4 is 0 Å². The van der Waals surface area contributed by atoms with Gasteiger partial charge in [0.1, 0.15) is 0 Å². The molecule has 17 heavy (non-hydrogen) atoms. The van der Waals surface area contributed by atoms with Crippen LogP contribution in [0.4, 0.5) is 0 Å². The van der Waals surface area contributed by atoms with Crippen molar-refractivity contribution in [2.45, 2.75) is 19.4 Å². The Labute approximate surface area is 101 Å². The van der Waals surface area contributed by atoms with Gasteiger partial charge in [-0.2, -0.15) is 5.10 Å². The number of aromatic nitrogens is 2. The number of nitrogens with zero attached hydrogens (tertiary/aromatic N) is 2. The molecule has 3 N–H and O–H groups in total. The number of nitrogens with one attached hydrogen (secondary N) is 1. The summed E-state index contributed by atoms with van der Waals surface area (Å²) in [6.45, 7) is 2.14. The highest BCUT2D eigenvalue weighted by Crippen LogP contribution is 2.23. The van der Waals surface area contributed by atoms with E-state index in [-0.39, 0.29) is 6.04 Å². The average molecular weight is 230 g/mol. The van der Waals surface area contributed by atoms with Gasteiger partial charge in [-0.05, 0) is 23.6 Å². The largest absolute Gasteiger partial charge is 0.275 e. The van der Waals surface area contributed by atoms with Crippen LogP contribution in [-0.4, -0.2) is 9.78 Å². The van der Waals surface area contributed by atoms with Crippen LogP contribution in [0.25, 0.3) is 0 Å². The number of rotatable bonds is 4. The molecule has 0 amide bonds. The van der Waals surface area contributed by atoms with Crippen LogP contribution < -0.4 is 11.3 Å². The number of hydrazine groups is 1. The van der Waals surface area contributed by atoms with Gasteiger partial charge < -0.3 is 0 Å². The first-order chi connectivity index (χ1) is 8.26. The summed E-state index contributed by atoms with van der Waals surface area (Å²) in [6.07, 6.45) is 2.91. The molecule has 2 aromatic rings. The van der Waals surface area contributed by atoms with Gasteiger partial charge in [-0.15, -0.1) is 0 Å². The highest BCUT2D eigenvalue weighted by Gasteiger charge is 2.17. The predicted octanol–water partition coefficient (Wildman–Crippen LogP) is 1.54. The Hall–Kier alpha value is -1.65. The lowest BCUT2D eigenvalue weighted by molar-refractivity contribution is 0.599. The van der Waals surface area contributed by atoms with Crippen LogP contribution in [-0.2, 0) is 13.5 Å². The first-order valence-electron chi connectivity index (χ1n) is 5.79. The maximum atomic E-state index is 5.67. The summed E-state index contributed by atoms with van der Waals surface area (Å²) in [7, 11) is 1.91. The van der Waals surface area contributed by atoms with Gasteiger partial charge in [0, 0.05) is 13.2 Å². The van der Waals surface area contributed by atoms with Crippen LogP contribution in [0.5, 0.6) is 0 Å². The van der Waals surface area contributed by atoms with Crippen molar-refractivity contribution in [1.82, 2.24) is 15.2 Å². The number of benzene rings is 1. The van der Waals surface area contributed by atoms with Crippen molar-refractivity contribution in [3.8, 4) is 0 Å². The highest BCUT2D eigenvalue weighted by atomic mass is 15.3. The van der Waals surface area contributed by atoms with Crippen molar-refractivity contribution in [2.24, 2.45) is 12.9 Å². The molecule has 0 bridgehead atoms. The van der Waals surface area contributed by atoms with Crippen molar-refractivity contribution in [3.05, 3.63) is 53.3 Å². The zero-order chi connectivity index (χ0) is 12.3. The van der Waals surface area contributed by atoms with E-state index in [0.29, 0.717) is 0 Å². The molecule has 4 heteroatoms. The average Bonchev–Trinajstić information content (AvgIpc) is 2.77. The van der Waals surface area contributed by atoms with Crippen LogP contribution in [0.2, 0.25) is 0 Å². The van der Waals surface area contributed by atoms with Crippen LogP contribution >= 0.6 is 0 Å². The van der Waals surface area contributed by atoms with E-state index in [0.717, 1.165) is 12.1 Å². The Morgan fingerprint density at radius 1 is 1.35 bits per heavy atom. The minimum absolute atomic E-state index is 0.0488. The summed E-state index contributed by atoms with van der Waals surface area (Å²) in [4.78, 5) is 0. The maximum Gasteiger partial charge on any atom is 0.0902 e. The van der Waals surface area contributed by atoms with Crippen LogP contribution in [0.1, 0.15) is 29.8 Å². The lowest BCUT2D eigenvalue weighted by atomic mass is 9.97. The molecule has 1 aromatic heterocycles. The molecule has 4 nitrogen and oxygen atoms in total.